The zero-order chi connectivity index (χ0) is 22.8. The molecule has 0 saturated carbocycles. The summed E-state index contributed by atoms with van der Waals surface area (Å²) in [7, 11) is 0. The van der Waals surface area contributed by atoms with Crippen molar-refractivity contribution < 1.29 is 22.8 Å². The second kappa shape index (κ2) is 8.76. The van der Waals surface area contributed by atoms with E-state index in [-0.39, 0.29) is 17.1 Å². The number of carbonyl (C=O) groups excluding carboxylic acids is 2. The van der Waals surface area contributed by atoms with Gasteiger partial charge in [0.25, 0.3) is 5.91 Å². The Balaban J connectivity index is 1.73. The second-order valence-corrected chi connectivity index (χ2v) is 7.12. The molecular weight excluding hydrogens is 435 g/mol. The Morgan fingerprint density at radius 2 is 1.77 bits per heavy atom. The van der Waals surface area contributed by atoms with E-state index in [0.29, 0.717) is 10.7 Å². The molecule has 0 aliphatic rings. The minimum atomic E-state index is -4.61. The maximum Gasteiger partial charge on any atom is 0.418 e. The predicted molar refractivity (Wildman–Crippen MR) is 109 cm³/mol. The summed E-state index contributed by atoms with van der Waals surface area (Å²) >= 11 is 5.95. The van der Waals surface area contributed by atoms with Crippen LogP contribution in [-0.2, 0) is 17.5 Å². The van der Waals surface area contributed by atoms with Crippen molar-refractivity contribution in [3.8, 4) is 0 Å². The number of hydrogen-bond donors (Lipinski definition) is 2. The molecule has 0 aliphatic carbocycles. The van der Waals surface area contributed by atoms with Crippen LogP contribution in [0.5, 0.6) is 0 Å². The molecule has 0 atom stereocenters. The maximum absolute atomic E-state index is 13.1. The van der Waals surface area contributed by atoms with Crippen LogP contribution >= 0.6 is 11.6 Å². The Labute approximate surface area is 180 Å². The van der Waals surface area contributed by atoms with Crippen molar-refractivity contribution in [2.45, 2.75) is 26.6 Å². The Morgan fingerprint density at radius 3 is 2.48 bits per heavy atom. The number of nitrogens with one attached hydrogen (secondary N) is 2. The molecule has 0 aliphatic heterocycles. The summed E-state index contributed by atoms with van der Waals surface area (Å²) in [5.74, 6) is -1.31. The number of carbonyl (C=O) groups is 2. The minimum Gasteiger partial charge on any atom is -0.324 e. The number of nitrogens with zero attached hydrogens (tertiary/aromatic N) is 3. The Morgan fingerprint density at radius 1 is 1.06 bits per heavy atom. The van der Waals surface area contributed by atoms with Crippen LogP contribution in [0.15, 0.2) is 42.5 Å². The third-order valence-corrected chi connectivity index (χ3v) is 4.68. The van der Waals surface area contributed by atoms with Gasteiger partial charge in [0.05, 0.1) is 16.9 Å². The number of amides is 2. The Kier molecular flexibility index (Phi) is 6.30. The van der Waals surface area contributed by atoms with Crippen molar-refractivity contribution in [1.29, 1.82) is 0 Å². The van der Waals surface area contributed by atoms with Gasteiger partial charge in [0.2, 0.25) is 5.91 Å². The van der Waals surface area contributed by atoms with E-state index in [4.69, 9.17) is 11.6 Å². The van der Waals surface area contributed by atoms with Gasteiger partial charge in [0.1, 0.15) is 6.54 Å². The molecule has 0 fully saturated rings. The minimum absolute atomic E-state index is 0.0251. The lowest BCUT2D eigenvalue weighted by Gasteiger charge is -2.13. The summed E-state index contributed by atoms with van der Waals surface area (Å²) in [6.45, 7) is 2.89. The quantitative estimate of drug-likeness (QED) is 0.599. The van der Waals surface area contributed by atoms with Crippen molar-refractivity contribution in [3.63, 3.8) is 0 Å². The topological polar surface area (TPSA) is 88.9 Å². The van der Waals surface area contributed by atoms with Gasteiger partial charge in [-0.2, -0.15) is 13.2 Å². The molecule has 0 radical (unpaired) electrons. The molecule has 2 aromatic carbocycles. The largest absolute Gasteiger partial charge is 0.418 e. The van der Waals surface area contributed by atoms with Gasteiger partial charge in [0, 0.05) is 10.7 Å². The first-order valence-electron chi connectivity index (χ1n) is 9.00. The highest BCUT2D eigenvalue weighted by atomic mass is 35.5. The van der Waals surface area contributed by atoms with E-state index < -0.39 is 30.1 Å². The number of aromatic nitrogens is 3. The van der Waals surface area contributed by atoms with Crippen LogP contribution in [0.4, 0.5) is 24.5 Å². The first kappa shape index (κ1) is 22.3. The van der Waals surface area contributed by atoms with Crippen molar-refractivity contribution in [1.82, 2.24) is 15.0 Å². The zero-order valence-electron chi connectivity index (χ0n) is 16.4. The summed E-state index contributed by atoms with van der Waals surface area (Å²) in [4.78, 5) is 24.8. The van der Waals surface area contributed by atoms with Crippen LogP contribution in [0, 0.1) is 13.8 Å². The molecular formula is C20H17ClF3N5O2. The van der Waals surface area contributed by atoms with Crippen LogP contribution in [0.1, 0.15) is 27.3 Å². The average molecular weight is 452 g/mol. The van der Waals surface area contributed by atoms with E-state index in [0.717, 1.165) is 22.4 Å². The third-order valence-electron chi connectivity index (χ3n) is 4.45. The van der Waals surface area contributed by atoms with E-state index in [9.17, 15) is 22.8 Å². The van der Waals surface area contributed by atoms with Gasteiger partial charge in [-0.3, -0.25) is 9.59 Å². The highest BCUT2D eigenvalue weighted by molar-refractivity contribution is 6.31. The summed E-state index contributed by atoms with van der Waals surface area (Å²) in [6.07, 6.45) is -4.61. The number of para-hydroxylation sites is 1. The van der Waals surface area contributed by atoms with Gasteiger partial charge < -0.3 is 10.6 Å². The Hall–Kier alpha value is -3.40. The fraction of sp³-hybridized carbons (Fsp3) is 0.200. The molecule has 3 rings (SSSR count). The van der Waals surface area contributed by atoms with Gasteiger partial charge in [-0.1, -0.05) is 35.0 Å². The number of alkyl halides is 3. The number of aryl methyl sites for hydroxylation is 1. The molecule has 3 aromatic rings. The van der Waals surface area contributed by atoms with Gasteiger partial charge in [0.15, 0.2) is 5.69 Å². The molecule has 0 bridgehead atoms. The fourth-order valence-corrected chi connectivity index (χ4v) is 2.97. The third kappa shape index (κ3) is 5.21. The van der Waals surface area contributed by atoms with E-state index in [1.807, 2.05) is 0 Å². The zero-order valence-corrected chi connectivity index (χ0v) is 17.2. The molecule has 0 saturated heterocycles. The molecule has 11 heteroatoms. The van der Waals surface area contributed by atoms with Crippen LogP contribution < -0.4 is 10.6 Å². The first-order chi connectivity index (χ1) is 14.6. The number of anilines is 2. The van der Waals surface area contributed by atoms with Crippen LogP contribution in [0.2, 0.25) is 5.02 Å². The SMILES string of the molecule is Cc1ccc(Cl)cc1NC(=O)c1nnn(CC(=O)Nc2ccccc2C(F)(F)F)c1C. The van der Waals surface area contributed by atoms with Crippen LogP contribution in [0.3, 0.4) is 0 Å². The number of hydrogen-bond acceptors (Lipinski definition) is 4. The van der Waals surface area contributed by atoms with Gasteiger partial charge in [-0.05, 0) is 43.7 Å². The van der Waals surface area contributed by atoms with Gasteiger partial charge >= 0.3 is 6.18 Å². The van der Waals surface area contributed by atoms with E-state index in [1.54, 1.807) is 25.1 Å². The highest BCUT2D eigenvalue weighted by Crippen LogP contribution is 2.34. The summed E-state index contributed by atoms with van der Waals surface area (Å²) in [5, 5.41) is 12.9. The molecule has 0 spiro atoms. The molecule has 0 unspecified atom stereocenters. The summed E-state index contributed by atoms with van der Waals surface area (Å²) in [5.41, 5.74) is 0.195. The number of rotatable bonds is 5. The molecule has 2 amide bonds. The normalized spacial score (nSPS) is 11.3. The summed E-state index contributed by atoms with van der Waals surface area (Å²) < 4.78 is 40.4. The molecule has 1 heterocycles. The van der Waals surface area contributed by atoms with Gasteiger partial charge in [-0.15, -0.1) is 5.10 Å². The lowest BCUT2D eigenvalue weighted by molar-refractivity contribution is -0.137. The smallest absolute Gasteiger partial charge is 0.324 e. The van der Waals surface area contributed by atoms with Crippen molar-refractivity contribution in [3.05, 3.63) is 70.0 Å². The van der Waals surface area contributed by atoms with Gasteiger partial charge in [-0.25, -0.2) is 4.68 Å². The van der Waals surface area contributed by atoms with Crippen molar-refractivity contribution in [2.75, 3.05) is 10.6 Å². The lowest BCUT2D eigenvalue weighted by Crippen LogP contribution is -2.22. The second-order valence-electron chi connectivity index (χ2n) is 6.69. The van der Waals surface area contributed by atoms with Crippen molar-refractivity contribution >= 4 is 34.8 Å². The van der Waals surface area contributed by atoms with Crippen molar-refractivity contribution in [2.24, 2.45) is 0 Å². The molecule has 7 nitrogen and oxygen atoms in total. The van der Waals surface area contributed by atoms with Crippen LogP contribution in [0.25, 0.3) is 0 Å². The fourth-order valence-electron chi connectivity index (χ4n) is 2.80. The molecule has 162 valence electrons. The molecule has 31 heavy (non-hydrogen) atoms. The highest BCUT2D eigenvalue weighted by Gasteiger charge is 2.33. The van der Waals surface area contributed by atoms with E-state index in [1.165, 1.54) is 19.1 Å². The first-order valence-corrected chi connectivity index (χ1v) is 9.37. The maximum atomic E-state index is 13.1. The average Bonchev–Trinajstić information content (AvgIpc) is 3.04. The monoisotopic (exact) mass is 451 g/mol. The van der Waals surface area contributed by atoms with E-state index in [2.05, 4.69) is 20.9 Å². The lowest BCUT2D eigenvalue weighted by atomic mass is 10.1. The molecule has 1 aromatic heterocycles. The summed E-state index contributed by atoms with van der Waals surface area (Å²) in [6, 6.07) is 9.64. The predicted octanol–water partition coefficient (Wildman–Crippen LogP) is 4.46. The van der Waals surface area contributed by atoms with E-state index >= 15 is 0 Å². The Bertz CT molecular complexity index is 1140. The molecule has 2 N–H and O–H groups in total. The standard InChI is InChI=1S/C20H17ClF3N5O2/c1-11-7-8-13(21)9-16(11)26-19(31)18-12(2)29(28-27-18)10-17(30)25-15-6-4-3-5-14(15)20(22,23)24/h3-9H,10H2,1-2H3,(H,25,30)(H,26,31). The number of benzene rings is 2. The number of halogens is 4. The van der Waals surface area contributed by atoms with Crippen LogP contribution in [-0.4, -0.2) is 26.8 Å².